The highest BCUT2D eigenvalue weighted by Crippen LogP contribution is 2.21. The lowest BCUT2D eigenvalue weighted by molar-refractivity contribution is -0.132. The van der Waals surface area contributed by atoms with Crippen molar-refractivity contribution in [1.82, 2.24) is 4.90 Å². The lowest BCUT2D eigenvalue weighted by atomic mass is 9.91. The van der Waals surface area contributed by atoms with Gasteiger partial charge in [-0.05, 0) is 30.6 Å². The van der Waals surface area contributed by atoms with Crippen LogP contribution in [-0.4, -0.2) is 37.6 Å². The fourth-order valence-corrected chi connectivity index (χ4v) is 2.12. The molecule has 3 heteroatoms. The monoisotopic (exact) mass is 241 g/mol. The van der Waals surface area contributed by atoms with Crippen molar-refractivity contribution in [2.75, 3.05) is 26.8 Å². The van der Waals surface area contributed by atoms with Gasteiger partial charge in [0, 0.05) is 33.2 Å². The van der Waals surface area contributed by atoms with Crippen molar-refractivity contribution < 1.29 is 9.53 Å². The number of amides is 1. The third kappa shape index (κ3) is 6.06. The Kier molecular flexibility index (Phi) is 5.44. The Morgan fingerprint density at radius 3 is 2.41 bits per heavy atom. The van der Waals surface area contributed by atoms with Gasteiger partial charge in [-0.1, -0.05) is 20.8 Å². The zero-order valence-electron chi connectivity index (χ0n) is 11.8. The predicted molar refractivity (Wildman–Crippen MR) is 69.9 cm³/mol. The molecule has 3 nitrogen and oxygen atoms in total. The van der Waals surface area contributed by atoms with Crippen LogP contribution in [0.4, 0.5) is 0 Å². The smallest absolute Gasteiger partial charge is 0.222 e. The first kappa shape index (κ1) is 14.5. The highest BCUT2D eigenvalue weighted by Gasteiger charge is 2.20. The zero-order chi connectivity index (χ0) is 12.9. The summed E-state index contributed by atoms with van der Waals surface area (Å²) in [6.07, 6.45) is 4.07. The van der Waals surface area contributed by atoms with Gasteiger partial charge in [0.1, 0.15) is 0 Å². The van der Waals surface area contributed by atoms with Crippen molar-refractivity contribution in [2.45, 2.75) is 46.5 Å². The van der Waals surface area contributed by atoms with Crippen LogP contribution in [0.15, 0.2) is 0 Å². The molecule has 1 fully saturated rings. The molecular formula is C14H27NO2. The molecule has 100 valence electrons. The summed E-state index contributed by atoms with van der Waals surface area (Å²) >= 11 is 0. The van der Waals surface area contributed by atoms with Gasteiger partial charge in [-0.2, -0.15) is 0 Å². The number of carbonyl (C=O) groups excluding carboxylic acids is 1. The molecule has 1 aliphatic rings. The van der Waals surface area contributed by atoms with Crippen molar-refractivity contribution in [2.24, 2.45) is 11.3 Å². The van der Waals surface area contributed by atoms with Gasteiger partial charge in [0.25, 0.3) is 0 Å². The van der Waals surface area contributed by atoms with Crippen LogP contribution in [0, 0.1) is 11.3 Å². The Morgan fingerprint density at radius 1 is 1.29 bits per heavy atom. The van der Waals surface area contributed by atoms with Crippen molar-refractivity contribution in [3.63, 3.8) is 0 Å². The Balaban J connectivity index is 2.23. The van der Waals surface area contributed by atoms with Gasteiger partial charge < -0.3 is 9.64 Å². The number of nitrogens with zero attached hydrogens (tertiary/aromatic N) is 1. The molecule has 1 heterocycles. The second-order valence-electron chi connectivity index (χ2n) is 6.40. The lowest BCUT2D eigenvalue weighted by Crippen LogP contribution is -2.32. The van der Waals surface area contributed by atoms with Gasteiger partial charge >= 0.3 is 0 Å². The van der Waals surface area contributed by atoms with Gasteiger partial charge in [0.15, 0.2) is 0 Å². The number of ether oxygens (including phenoxy) is 1. The van der Waals surface area contributed by atoms with E-state index in [1.165, 1.54) is 0 Å². The average molecular weight is 241 g/mol. The molecule has 0 unspecified atom stereocenters. The van der Waals surface area contributed by atoms with E-state index in [-0.39, 0.29) is 11.3 Å². The van der Waals surface area contributed by atoms with Gasteiger partial charge in [-0.3, -0.25) is 4.79 Å². The highest BCUT2D eigenvalue weighted by molar-refractivity contribution is 5.76. The molecular weight excluding hydrogens is 214 g/mol. The van der Waals surface area contributed by atoms with Crippen LogP contribution in [0.1, 0.15) is 46.5 Å². The number of hydrogen-bond donors (Lipinski definition) is 0. The second kappa shape index (κ2) is 6.39. The van der Waals surface area contributed by atoms with Gasteiger partial charge in [0.2, 0.25) is 5.91 Å². The Hall–Kier alpha value is -0.570. The van der Waals surface area contributed by atoms with Crippen molar-refractivity contribution in [3.8, 4) is 0 Å². The largest absolute Gasteiger partial charge is 0.381 e. The minimum absolute atomic E-state index is 0.0873. The molecule has 0 aliphatic carbocycles. The van der Waals surface area contributed by atoms with E-state index in [0.717, 1.165) is 44.9 Å². The van der Waals surface area contributed by atoms with E-state index >= 15 is 0 Å². The summed E-state index contributed by atoms with van der Waals surface area (Å²) in [6, 6.07) is 0. The van der Waals surface area contributed by atoms with Crippen LogP contribution in [0.3, 0.4) is 0 Å². The molecule has 0 aromatic heterocycles. The maximum absolute atomic E-state index is 11.9. The van der Waals surface area contributed by atoms with E-state index in [4.69, 9.17) is 4.74 Å². The first-order valence-electron chi connectivity index (χ1n) is 6.70. The van der Waals surface area contributed by atoms with E-state index in [2.05, 4.69) is 20.8 Å². The molecule has 0 spiro atoms. The molecule has 0 saturated carbocycles. The van der Waals surface area contributed by atoms with Gasteiger partial charge in [-0.15, -0.1) is 0 Å². The van der Waals surface area contributed by atoms with Crippen molar-refractivity contribution in [3.05, 3.63) is 0 Å². The molecule has 0 aromatic carbocycles. The van der Waals surface area contributed by atoms with Crippen LogP contribution in [0.5, 0.6) is 0 Å². The van der Waals surface area contributed by atoms with Gasteiger partial charge in [-0.25, -0.2) is 0 Å². The molecule has 1 rings (SSSR count). The lowest BCUT2D eigenvalue weighted by Gasteiger charge is -2.26. The summed E-state index contributed by atoms with van der Waals surface area (Å²) in [6.45, 7) is 9.00. The van der Waals surface area contributed by atoms with E-state index in [9.17, 15) is 4.79 Å². The predicted octanol–water partition coefficient (Wildman–Crippen LogP) is 2.70. The molecule has 17 heavy (non-hydrogen) atoms. The summed E-state index contributed by atoms with van der Waals surface area (Å²) in [7, 11) is 1.92. The fraction of sp³-hybridized carbons (Fsp3) is 0.929. The Bertz CT molecular complexity index is 239. The second-order valence-corrected chi connectivity index (χ2v) is 6.40. The summed E-state index contributed by atoms with van der Waals surface area (Å²) < 4.78 is 5.34. The molecule has 0 radical (unpaired) electrons. The quantitative estimate of drug-likeness (QED) is 0.757. The van der Waals surface area contributed by atoms with E-state index in [1.54, 1.807) is 0 Å². The van der Waals surface area contributed by atoms with Crippen LogP contribution in [0.2, 0.25) is 0 Å². The molecule has 1 amide bonds. The average Bonchev–Trinajstić information content (AvgIpc) is 2.25. The minimum Gasteiger partial charge on any atom is -0.381 e. The van der Waals surface area contributed by atoms with Crippen molar-refractivity contribution in [1.29, 1.82) is 0 Å². The van der Waals surface area contributed by atoms with Crippen molar-refractivity contribution >= 4 is 5.91 Å². The van der Waals surface area contributed by atoms with Crippen LogP contribution >= 0.6 is 0 Å². The van der Waals surface area contributed by atoms with E-state index in [1.807, 2.05) is 11.9 Å². The van der Waals surface area contributed by atoms with Gasteiger partial charge in [0.05, 0.1) is 0 Å². The molecule has 1 aliphatic heterocycles. The van der Waals surface area contributed by atoms with E-state index < -0.39 is 0 Å². The maximum atomic E-state index is 11.9. The molecule has 0 atom stereocenters. The fourth-order valence-electron chi connectivity index (χ4n) is 2.12. The summed E-state index contributed by atoms with van der Waals surface area (Å²) in [4.78, 5) is 13.8. The minimum atomic E-state index is 0.0873. The molecule has 0 N–H and O–H groups in total. The van der Waals surface area contributed by atoms with Crippen LogP contribution in [0.25, 0.3) is 0 Å². The zero-order valence-corrected chi connectivity index (χ0v) is 11.8. The first-order valence-corrected chi connectivity index (χ1v) is 6.70. The summed E-state index contributed by atoms with van der Waals surface area (Å²) in [5.74, 6) is 1.01. The Labute approximate surface area is 106 Å². The third-order valence-electron chi connectivity index (χ3n) is 3.32. The normalized spacial score (nSPS) is 18.1. The van der Waals surface area contributed by atoms with E-state index in [0.29, 0.717) is 6.42 Å². The number of rotatable bonds is 4. The summed E-state index contributed by atoms with van der Waals surface area (Å²) in [5, 5.41) is 0. The van der Waals surface area contributed by atoms with Crippen LogP contribution < -0.4 is 0 Å². The first-order chi connectivity index (χ1) is 7.88. The molecule has 0 bridgehead atoms. The standard InChI is InChI=1S/C14H27NO2/c1-14(2,3)11-13(16)15(4)8-5-12-6-9-17-10-7-12/h12H,5-11H2,1-4H3. The Morgan fingerprint density at radius 2 is 1.88 bits per heavy atom. The number of carbonyl (C=O) groups is 1. The summed E-state index contributed by atoms with van der Waals surface area (Å²) in [5.41, 5.74) is 0.0873. The molecule has 1 saturated heterocycles. The number of hydrogen-bond acceptors (Lipinski definition) is 2. The molecule has 0 aromatic rings. The third-order valence-corrected chi connectivity index (χ3v) is 3.32. The topological polar surface area (TPSA) is 29.5 Å². The maximum Gasteiger partial charge on any atom is 0.222 e. The van der Waals surface area contributed by atoms with Crippen LogP contribution in [-0.2, 0) is 9.53 Å². The SMILES string of the molecule is CN(CCC1CCOCC1)C(=O)CC(C)(C)C. The highest BCUT2D eigenvalue weighted by atomic mass is 16.5.